The Morgan fingerprint density at radius 3 is 2.59 bits per heavy atom. The van der Waals surface area contributed by atoms with Gasteiger partial charge in [0.1, 0.15) is 17.3 Å². The van der Waals surface area contributed by atoms with E-state index in [0.717, 1.165) is 47.6 Å². The van der Waals surface area contributed by atoms with E-state index in [4.69, 9.17) is 9.72 Å². The van der Waals surface area contributed by atoms with Gasteiger partial charge in [-0.15, -0.1) is 0 Å². The number of aromatic nitrogens is 3. The van der Waals surface area contributed by atoms with Gasteiger partial charge in [0.05, 0.1) is 24.2 Å². The molecule has 2 aromatic carbocycles. The lowest BCUT2D eigenvalue weighted by molar-refractivity contribution is 0.0774. The predicted octanol–water partition coefficient (Wildman–Crippen LogP) is 4.87. The minimum absolute atomic E-state index is 0.115. The Labute approximate surface area is 188 Å². The van der Waals surface area contributed by atoms with Gasteiger partial charge in [-0.2, -0.15) is 0 Å². The van der Waals surface area contributed by atoms with Crippen molar-refractivity contribution in [3.05, 3.63) is 90.0 Å². The van der Waals surface area contributed by atoms with E-state index in [9.17, 15) is 4.79 Å². The monoisotopic (exact) mass is 428 g/mol. The largest absolute Gasteiger partial charge is 0.493 e. The molecular formula is C26H28N4O2. The van der Waals surface area contributed by atoms with Gasteiger partial charge >= 0.3 is 0 Å². The number of amides is 1. The van der Waals surface area contributed by atoms with Gasteiger partial charge in [0.2, 0.25) is 0 Å². The number of carbonyl (C=O) groups is 1. The van der Waals surface area contributed by atoms with Crippen LogP contribution in [0.25, 0.3) is 11.0 Å². The molecule has 0 saturated heterocycles. The summed E-state index contributed by atoms with van der Waals surface area (Å²) in [6.07, 6.45) is 3.52. The van der Waals surface area contributed by atoms with Crippen molar-refractivity contribution in [3.63, 3.8) is 0 Å². The van der Waals surface area contributed by atoms with Gasteiger partial charge in [0.15, 0.2) is 0 Å². The minimum Gasteiger partial charge on any atom is -0.493 e. The van der Waals surface area contributed by atoms with Crippen LogP contribution in [0.3, 0.4) is 0 Å². The molecule has 2 aromatic heterocycles. The quantitative estimate of drug-likeness (QED) is 0.357. The van der Waals surface area contributed by atoms with E-state index in [1.54, 1.807) is 30.3 Å². The Balaban J connectivity index is 1.42. The number of para-hydroxylation sites is 3. The van der Waals surface area contributed by atoms with Gasteiger partial charge in [-0.05, 0) is 55.7 Å². The second-order valence-electron chi connectivity index (χ2n) is 7.87. The van der Waals surface area contributed by atoms with E-state index in [-0.39, 0.29) is 5.91 Å². The third-order valence-electron chi connectivity index (χ3n) is 5.47. The number of imidazole rings is 1. The van der Waals surface area contributed by atoms with E-state index in [2.05, 4.69) is 28.6 Å². The van der Waals surface area contributed by atoms with Crippen LogP contribution < -0.4 is 4.74 Å². The number of nitrogens with zero attached hydrogens (tertiary/aromatic N) is 4. The Hall–Kier alpha value is -3.67. The van der Waals surface area contributed by atoms with Crippen LogP contribution in [0.4, 0.5) is 0 Å². The van der Waals surface area contributed by atoms with E-state index < -0.39 is 0 Å². The molecule has 2 heterocycles. The summed E-state index contributed by atoms with van der Waals surface area (Å²) in [5.41, 5.74) is 3.61. The Bertz CT molecular complexity index is 1190. The highest BCUT2D eigenvalue weighted by Gasteiger charge is 2.17. The maximum absolute atomic E-state index is 12.7. The Kier molecular flexibility index (Phi) is 6.80. The number of carbonyl (C=O) groups excluding carboxylic acids is 1. The minimum atomic E-state index is -0.115. The predicted molar refractivity (Wildman–Crippen MR) is 126 cm³/mol. The summed E-state index contributed by atoms with van der Waals surface area (Å²) in [7, 11) is 1.79. The maximum atomic E-state index is 12.7. The van der Waals surface area contributed by atoms with Gasteiger partial charge in [-0.25, -0.2) is 4.98 Å². The van der Waals surface area contributed by atoms with Crippen LogP contribution in [0.5, 0.6) is 5.75 Å². The molecule has 1 amide bonds. The summed E-state index contributed by atoms with van der Waals surface area (Å²) >= 11 is 0. The molecule has 0 atom stereocenters. The van der Waals surface area contributed by atoms with E-state index in [0.29, 0.717) is 18.8 Å². The number of ether oxygens (including phenoxy) is 1. The number of hydrogen-bond donors (Lipinski definition) is 0. The zero-order valence-electron chi connectivity index (χ0n) is 18.6. The van der Waals surface area contributed by atoms with Crippen LogP contribution >= 0.6 is 0 Å². The zero-order valence-corrected chi connectivity index (χ0v) is 18.6. The smallest absolute Gasteiger partial charge is 0.272 e. The van der Waals surface area contributed by atoms with Crippen LogP contribution in [-0.2, 0) is 13.1 Å². The van der Waals surface area contributed by atoms with Crippen molar-refractivity contribution in [1.29, 1.82) is 0 Å². The number of fused-ring (bicyclic) bond motifs is 1. The van der Waals surface area contributed by atoms with Crippen LogP contribution in [0.1, 0.15) is 34.7 Å². The molecule has 0 bridgehead atoms. The highest BCUT2D eigenvalue weighted by atomic mass is 16.5. The van der Waals surface area contributed by atoms with Crippen molar-refractivity contribution in [2.24, 2.45) is 0 Å². The topological polar surface area (TPSA) is 60.2 Å². The fourth-order valence-electron chi connectivity index (χ4n) is 3.74. The molecule has 164 valence electrons. The normalized spacial score (nSPS) is 10.9. The van der Waals surface area contributed by atoms with E-state index >= 15 is 0 Å². The fraction of sp³-hybridized carbons (Fsp3) is 0.269. The third kappa shape index (κ3) is 4.97. The van der Waals surface area contributed by atoms with Gasteiger partial charge in [0, 0.05) is 19.8 Å². The molecule has 0 aliphatic heterocycles. The van der Waals surface area contributed by atoms with Crippen molar-refractivity contribution in [2.75, 3.05) is 13.7 Å². The number of benzene rings is 2. The summed E-state index contributed by atoms with van der Waals surface area (Å²) < 4.78 is 8.15. The molecule has 6 heteroatoms. The van der Waals surface area contributed by atoms with Gasteiger partial charge in [-0.3, -0.25) is 9.78 Å². The molecule has 0 N–H and O–H groups in total. The van der Waals surface area contributed by atoms with Gasteiger partial charge in [0.25, 0.3) is 5.91 Å². The second kappa shape index (κ2) is 10.1. The SMILES string of the molecule is Cc1ccccc1OCCCCn1c(CN(C)C(=O)c2ccccn2)nc2ccccc21. The number of aryl methyl sites for hydroxylation is 2. The summed E-state index contributed by atoms with van der Waals surface area (Å²) in [5.74, 6) is 1.70. The average molecular weight is 429 g/mol. The molecule has 4 aromatic rings. The maximum Gasteiger partial charge on any atom is 0.272 e. The molecule has 0 spiro atoms. The first-order valence-corrected chi connectivity index (χ1v) is 10.9. The van der Waals surface area contributed by atoms with Crippen LogP contribution in [0.15, 0.2) is 72.9 Å². The lowest BCUT2D eigenvalue weighted by Gasteiger charge is -2.18. The number of pyridine rings is 1. The summed E-state index contributed by atoms with van der Waals surface area (Å²) in [6, 6.07) is 21.5. The lowest BCUT2D eigenvalue weighted by Crippen LogP contribution is -2.28. The fourth-order valence-corrected chi connectivity index (χ4v) is 3.74. The molecule has 32 heavy (non-hydrogen) atoms. The summed E-state index contributed by atoms with van der Waals surface area (Å²) in [5, 5.41) is 0. The van der Waals surface area contributed by atoms with Crippen molar-refractivity contribution in [1.82, 2.24) is 19.4 Å². The third-order valence-corrected chi connectivity index (χ3v) is 5.47. The zero-order chi connectivity index (χ0) is 22.3. The van der Waals surface area contributed by atoms with E-state index in [1.807, 2.05) is 42.5 Å². The molecule has 0 saturated carbocycles. The first kappa shape index (κ1) is 21.6. The molecule has 0 radical (unpaired) electrons. The molecule has 4 rings (SSSR count). The number of rotatable bonds is 9. The molecule has 0 aliphatic rings. The highest BCUT2D eigenvalue weighted by molar-refractivity contribution is 5.92. The average Bonchev–Trinajstić information content (AvgIpc) is 3.17. The van der Waals surface area contributed by atoms with Gasteiger partial charge in [-0.1, -0.05) is 36.4 Å². The van der Waals surface area contributed by atoms with Crippen molar-refractivity contribution >= 4 is 16.9 Å². The highest BCUT2D eigenvalue weighted by Crippen LogP contribution is 2.20. The molecule has 6 nitrogen and oxygen atoms in total. The van der Waals surface area contributed by atoms with Crippen LogP contribution in [-0.4, -0.2) is 39.0 Å². The molecule has 0 aliphatic carbocycles. The molecule has 0 unspecified atom stereocenters. The van der Waals surface area contributed by atoms with E-state index in [1.165, 1.54) is 0 Å². The van der Waals surface area contributed by atoms with Crippen LogP contribution in [0, 0.1) is 6.92 Å². The lowest BCUT2D eigenvalue weighted by atomic mass is 10.2. The van der Waals surface area contributed by atoms with Crippen LogP contribution in [0.2, 0.25) is 0 Å². The van der Waals surface area contributed by atoms with Gasteiger partial charge < -0.3 is 14.2 Å². The van der Waals surface area contributed by atoms with Crippen molar-refractivity contribution in [3.8, 4) is 5.75 Å². The Morgan fingerprint density at radius 2 is 1.78 bits per heavy atom. The standard InChI is InChI=1S/C26H28N4O2/c1-20-11-3-6-15-24(20)32-18-10-9-17-30-23-14-5-4-12-21(23)28-25(30)19-29(2)26(31)22-13-7-8-16-27-22/h3-8,11-16H,9-10,17-19H2,1-2H3. The first-order valence-electron chi connectivity index (χ1n) is 10.9. The number of unbranched alkanes of at least 4 members (excludes halogenated alkanes) is 1. The number of hydrogen-bond acceptors (Lipinski definition) is 4. The Morgan fingerprint density at radius 1 is 1.00 bits per heavy atom. The molecular weight excluding hydrogens is 400 g/mol. The van der Waals surface area contributed by atoms with Crippen molar-refractivity contribution < 1.29 is 9.53 Å². The summed E-state index contributed by atoms with van der Waals surface area (Å²) in [4.78, 5) is 23.4. The second-order valence-corrected chi connectivity index (χ2v) is 7.87. The first-order chi connectivity index (χ1) is 15.6. The van der Waals surface area contributed by atoms with Crippen molar-refractivity contribution in [2.45, 2.75) is 32.9 Å². The summed E-state index contributed by atoms with van der Waals surface area (Å²) in [6.45, 7) is 3.97. The molecule has 0 fully saturated rings.